The Bertz CT molecular complexity index is 270. The molecule has 2 rings (SSSR count). The van der Waals surface area contributed by atoms with E-state index < -0.39 is 0 Å². The number of thioether (sulfide) groups is 2. The van der Waals surface area contributed by atoms with Crippen LogP contribution in [0.15, 0.2) is 0 Å². The summed E-state index contributed by atoms with van der Waals surface area (Å²) in [7, 11) is 0. The van der Waals surface area contributed by atoms with Gasteiger partial charge in [-0.2, -0.15) is 23.5 Å². The standard InChI is InChI=1S/C13H26N2S2/c1-11-8-13(9-14,10-16-11)15-5-4-12(2,3)17-7-6-15/h11H,4-10,14H2,1-3H3. The van der Waals surface area contributed by atoms with Crippen LogP contribution in [0.4, 0.5) is 0 Å². The molecule has 2 fully saturated rings. The van der Waals surface area contributed by atoms with Gasteiger partial charge in [0.2, 0.25) is 0 Å². The van der Waals surface area contributed by atoms with Crippen molar-refractivity contribution in [2.75, 3.05) is 31.1 Å². The Kier molecular flexibility index (Phi) is 4.39. The normalized spacial score (nSPS) is 39.2. The third-order valence-electron chi connectivity index (χ3n) is 4.19. The average Bonchev–Trinajstić information content (AvgIpc) is 2.56. The molecule has 2 nitrogen and oxygen atoms in total. The van der Waals surface area contributed by atoms with Gasteiger partial charge in [0.15, 0.2) is 0 Å². The van der Waals surface area contributed by atoms with Crippen LogP contribution in [-0.4, -0.2) is 51.6 Å². The van der Waals surface area contributed by atoms with E-state index >= 15 is 0 Å². The lowest BCUT2D eigenvalue weighted by molar-refractivity contribution is 0.119. The van der Waals surface area contributed by atoms with Gasteiger partial charge in [-0.25, -0.2) is 0 Å². The molecule has 0 spiro atoms. The van der Waals surface area contributed by atoms with Gasteiger partial charge in [0.05, 0.1) is 0 Å². The molecule has 2 aliphatic heterocycles. The molecule has 2 aliphatic rings. The maximum atomic E-state index is 6.12. The molecule has 0 bridgehead atoms. The van der Waals surface area contributed by atoms with Crippen LogP contribution in [0.1, 0.15) is 33.6 Å². The molecule has 0 aromatic heterocycles. The van der Waals surface area contributed by atoms with Gasteiger partial charge in [-0.05, 0) is 12.8 Å². The van der Waals surface area contributed by atoms with Crippen molar-refractivity contribution in [3.63, 3.8) is 0 Å². The first-order chi connectivity index (χ1) is 7.97. The highest BCUT2D eigenvalue weighted by Gasteiger charge is 2.42. The lowest BCUT2D eigenvalue weighted by Crippen LogP contribution is -2.55. The molecule has 0 saturated carbocycles. The molecule has 17 heavy (non-hydrogen) atoms. The van der Waals surface area contributed by atoms with Gasteiger partial charge in [0.1, 0.15) is 0 Å². The molecule has 2 heterocycles. The van der Waals surface area contributed by atoms with Crippen LogP contribution < -0.4 is 5.73 Å². The Hall–Kier alpha value is 0.620. The Labute approximate surface area is 114 Å². The summed E-state index contributed by atoms with van der Waals surface area (Å²) in [6.07, 6.45) is 2.57. The summed E-state index contributed by atoms with van der Waals surface area (Å²) in [5.41, 5.74) is 6.42. The van der Waals surface area contributed by atoms with Gasteiger partial charge in [-0.15, -0.1) is 0 Å². The molecule has 100 valence electrons. The number of hydrogen-bond acceptors (Lipinski definition) is 4. The lowest BCUT2D eigenvalue weighted by atomic mass is 9.93. The molecule has 0 aromatic carbocycles. The summed E-state index contributed by atoms with van der Waals surface area (Å²) < 4.78 is 0.446. The van der Waals surface area contributed by atoms with Gasteiger partial charge in [0, 0.05) is 46.7 Å². The van der Waals surface area contributed by atoms with Crippen LogP contribution in [0.25, 0.3) is 0 Å². The Morgan fingerprint density at radius 2 is 2.12 bits per heavy atom. The van der Waals surface area contributed by atoms with Crippen molar-refractivity contribution in [1.29, 1.82) is 0 Å². The first kappa shape index (κ1) is 14.0. The summed E-state index contributed by atoms with van der Waals surface area (Å²) in [6, 6.07) is 0. The summed E-state index contributed by atoms with van der Waals surface area (Å²) >= 11 is 4.23. The SMILES string of the molecule is CC1CC(CN)(N2CCSC(C)(C)CC2)CS1. The highest BCUT2D eigenvalue weighted by Crippen LogP contribution is 2.40. The summed E-state index contributed by atoms with van der Waals surface area (Å²) in [6.45, 7) is 10.4. The first-order valence-electron chi connectivity index (χ1n) is 6.68. The number of rotatable bonds is 2. The topological polar surface area (TPSA) is 29.3 Å². The number of hydrogen-bond donors (Lipinski definition) is 1. The fourth-order valence-corrected chi connectivity index (χ4v) is 5.48. The van der Waals surface area contributed by atoms with E-state index in [0.29, 0.717) is 10.3 Å². The summed E-state index contributed by atoms with van der Waals surface area (Å²) in [4.78, 5) is 2.70. The molecular formula is C13H26N2S2. The average molecular weight is 274 g/mol. The third-order valence-corrected chi connectivity index (χ3v) is 7.00. The van der Waals surface area contributed by atoms with Crippen LogP contribution in [0.5, 0.6) is 0 Å². The molecule has 0 aromatic rings. The van der Waals surface area contributed by atoms with E-state index in [2.05, 4.69) is 49.2 Å². The van der Waals surface area contributed by atoms with E-state index in [-0.39, 0.29) is 0 Å². The predicted molar refractivity (Wildman–Crippen MR) is 81.0 cm³/mol. The zero-order chi connectivity index (χ0) is 12.5. The van der Waals surface area contributed by atoms with Crippen molar-refractivity contribution >= 4 is 23.5 Å². The monoisotopic (exact) mass is 274 g/mol. The lowest BCUT2D eigenvalue weighted by Gasteiger charge is -2.40. The van der Waals surface area contributed by atoms with Crippen LogP contribution in [-0.2, 0) is 0 Å². The van der Waals surface area contributed by atoms with Gasteiger partial charge in [-0.1, -0.05) is 20.8 Å². The predicted octanol–water partition coefficient (Wildman–Crippen LogP) is 2.43. The van der Waals surface area contributed by atoms with Crippen molar-refractivity contribution in [2.24, 2.45) is 5.73 Å². The van der Waals surface area contributed by atoms with E-state index in [4.69, 9.17) is 5.73 Å². The number of nitrogens with two attached hydrogens (primary N) is 1. The van der Waals surface area contributed by atoms with Crippen molar-refractivity contribution < 1.29 is 0 Å². The van der Waals surface area contributed by atoms with E-state index in [0.717, 1.165) is 11.8 Å². The summed E-state index contributed by atoms with van der Waals surface area (Å²) in [5, 5.41) is 0.780. The first-order valence-corrected chi connectivity index (χ1v) is 8.72. The van der Waals surface area contributed by atoms with Crippen LogP contribution in [0.3, 0.4) is 0 Å². The molecule has 2 N–H and O–H groups in total. The zero-order valence-corrected chi connectivity index (χ0v) is 13.0. The van der Waals surface area contributed by atoms with Crippen molar-refractivity contribution in [2.45, 2.75) is 49.1 Å². The largest absolute Gasteiger partial charge is 0.329 e. The van der Waals surface area contributed by atoms with Crippen LogP contribution >= 0.6 is 23.5 Å². The smallest absolute Gasteiger partial charge is 0.0432 e. The molecular weight excluding hydrogens is 248 g/mol. The van der Waals surface area contributed by atoms with Gasteiger partial charge in [0.25, 0.3) is 0 Å². The zero-order valence-electron chi connectivity index (χ0n) is 11.4. The van der Waals surface area contributed by atoms with Gasteiger partial charge in [-0.3, -0.25) is 4.90 Å². The van der Waals surface area contributed by atoms with E-state index in [1.54, 1.807) is 0 Å². The fraction of sp³-hybridized carbons (Fsp3) is 1.00. The van der Waals surface area contributed by atoms with Crippen LogP contribution in [0.2, 0.25) is 0 Å². The highest BCUT2D eigenvalue weighted by atomic mass is 32.2. The molecule has 2 saturated heterocycles. The summed E-state index contributed by atoms with van der Waals surface area (Å²) in [5.74, 6) is 2.49. The second-order valence-corrected chi connectivity index (χ2v) is 9.33. The van der Waals surface area contributed by atoms with Crippen LogP contribution in [0, 0.1) is 0 Å². The Balaban J connectivity index is 2.05. The molecule has 2 atom stereocenters. The molecule has 0 radical (unpaired) electrons. The maximum Gasteiger partial charge on any atom is 0.0432 e. The number of nitrogens with zero attached hydrogens (tertiary/aromatic N) is 1. The second kappa shape index (κ2) is 5.32. The van der Waals surface area contributed by atoms with E-state index in [1.807, 2.05) is 0 Å². The minimum Gasteiger partial charge on any atom is -0.329 e. The van der Waals surface area contributed by atoms with E-state index in [1.165, 1.54) is 37.4 Å². The van der Waals surface area contributed by atoms with Crippen molar-refractivity contribution in [3.05, 3.63) is 0 Å². The van der Waals surface area contributed by atoms with E-state index in [9.17, 15) is 0 Å². The highest BCUT2D eigenvalue weighted by molar-refractivity contribution is 8.00. The minimum absolute atomic E-state index is 0.297. The van der Waals surface area contributed by atoms with Crippen molar-refractivity contribution in [1.82, 2.24) is 4.90 Å². The second-order valence-electron chi connectivity index (χ2n) is 6.10. The van der Waals surface area contributed by atoms with Gasteiger partial charge >= 0.3 is 0 Å². The molecule has 0 aliphatic carbocycles. The van der Waals surface area contributed by atoms with Crippen molar-refractivity contribution in [3.8, 4) is 0 Å². The Morgan fingerprint density at radius 3 is 2.71 bits per heavy atom. The fourth-order valence-electron chi connectivity index (χ4n) is 2.94. The van der Waals surface area contributed by atoms with Gasteiger partial charge < -0.3 is 5.73 Å². The molecule has 4 heteroatoms. The molecule has 0 amide bonds. The minimum atomic E-state index is 0.297. The molecule has 2 unspecified atom stereocenters. The quantitative estimate of drug-likeness (QED) is 0.837. The Morgan fingerprint density at radius 1 is 1.35 bits per heavy atom. The maximum absolute atomic E-state index is 6.12. The third kappa shape index (κ3) is 3.14.